The Morgan fingerprint density at radius 3 is 0.604 bits per heavy atom. The molecule has 4 aromatic heterocycles. The zero-order chi connectivity index (χ0) is 32.4. The van der Waals surface area contributed by atoms with Crippen molar-refractivity contribution in [2.45, 2.75) is 44.6 Å². The number of halogens is 12. The fourth-order valence-electron chi connectivity index (χ4n) is 2.27. The third kappa shape index (κ3) is 47.8. The molecule has 0 bridgehead atoms. The van der Waals surface area contributed by atoms with E-state index >= 15 is 0 Å². The van der Waals surface area contributed by atoms with Crippen LogP contribution < -0.4 is 0 Å². The van der Waals surface area contributed by atoms with Gasteiger partial charge in [-0.3, -0.25) is 15.0 Å². The van der Waals surface area contributed by atoms with Gasteiger partial charge in [-0.25, -0.2) is 15.0 Å². The molecule has 0 aliphatic heterocycles. The van der Waals surface area contributed by atoms with E-state index in [1.54, 1.807) is 37.2 Å². The number of rotatable bonds is 3. The van der Waals surface area contributed by atoms with Crippen LogP contribution >= 0.6 is 200 Å². The van der Waals surface area contributed by atoms with E-state index in [0.717, 1.165) is 16.7 Å². The van der Waals surface area contributed by atoms with Gasteiger partial charge in [0.25, 0.3) is 0 Å². The average Bonchev–Trinajstić information content (AvgIpc) is 3.01. The molecule has 0 saturated carbocycles. The molecule has 4 heterocycles. The summed E-state index contributed by atoms with van der Waals surface area (Å²) in [5.41, 5.74) is 2.66. The summed E-state index contributed by atoms with van der Waals surface area (Å²) in [4.78, 5) is 26.0. The van der Waals surface area contributed by atoms with Crippen LogP contribution in [0.2, 0.25) is 0 Å². The number of nitrogens with zero attached hydrogens (tertiary/aromatic N) is 6. The van der Waals surface area contributed by atoms with Crippen LogP contribution in [0.4, 0.5) is 0 Å². The Labute approximate surface area is 441 Å². The van der Waals surface area contributed by atoms with Gasteiger partial charge in [0.15, 0.2) is 17.5 Å². The van der Waals surface area contributed by atoms with Crippen LogP contribution in [0.1, 0.15) is 44.6 Å². The molecule has 258 valence electrons. The molecule has 4 rings (SSSR count). The minimum Gasteiger partial charge on any atom is -0.265 e. The van der Waals surface area contributed by atoms with Gasteiger partial charge in [-0.2, -0.15) is 0 Å². The molecule has 0 saturated heterocycles. The van der Waals surface area contributed by atoms with Crippen LogP contribution in [0.25, 0.3) is 34.2 Å². The van der Waals surface area contributed by atoms with Crippen LogP contribution in [0, 0.1) is 0 Å². The molecule has 0 amide bonds. The van der Waals surface area contributed by atoms with E-state index in [0.29, 0.717) is 17.5 Å². The summed E-state index contributed by atoms with van der Waals surface area (Å²) in [5, 5.41) is 0. The Bertz CT molecular complexity index is 958. The van der Waals surface area contributed by atoms with E-state index in [2.05, 4.69) is 230 Å². The van der Waals surface area contributed by atoms with E-state index < -0.39 is 0 Å². The van der Waals surface area contributed by atoms with Gasteiger partial charge in [0.05, 0.1) is 0 Å². The molecule has 0 unspecified atom stereocenters. The second-order valence-corrected chi connectivity index (χ2v) is 118. The van der Waals surface area contributed by atoms with E-state index in [9.17, 15) is 0 Å². The van der Waals surface area contributed by atoms with Crippen molar-refractivity contribution in [1.29, 1.82) is 0 Å². The molecule has 0 aliphatic rings. The maximum Gasteiger partial charge on any atom is 0.164 e. The summed E-state index contributed by atoms with van der Waals surface area (Å²) in [6, 6.07) is 11.3. The van der Waals surface area contributed by atoms with Gasteiger partial charge in [0.2, 0.25) is 0 Å². The summed E-state index contributed by atoms with van der Waals surface area (Å²) in [6.07, 6.45) is 10.3. The number of hydrogen-bond acceptors (Lipinski definition) is 6. The topological polar surface area (TPSA) is 77.3 Å². The zero-order valence-corrected chi connectivity index (χ0v) is 61.7. The predicted molar refractivity (Wildman–Crippen MR) is 268 cm³/mol. The van der Waals surface area contributed by atoms with Crippen molar-refractivity contribution in [2.75, 3.05) is 0 Å². The molecular formula is C24H36Br6I6N6Zn6. The monoisotopic (exact) mass is 2030 g/mol. The second-order valence-electron chi connectivity index (χ2n) is 5.62. The van der Waals surface area contributed by atoms with E-state index in [1.807, 2.05) is 36.4 Å². The smallest absolute Gasteiger partial charge is 0.164 e. The van der Waals surface area contributed by atoms with Crippen molar-refractivity contribution < 1.29 is 69.9 Å². The maximum atomic E-state index is 4.61. The predicted octanol–water partition coefficient (Wildman–Crippen LogP) is 17.2. The normalized spacial score (nSPS) is 6.50. The fourth-order valence-corrected chi connectivity index (χ4v) is 2.27. The van der Waals surface area contributed by atoms with Gasteiger partial charge in [0, 0.05) is 53.9 Å². The Morgan fingerprint density at radius 2 is 0.479 bits per heavy atom. The van der Waals surface area contributed by atoms with E-state index in [1.165, 1.54) is 0 Å². The Kier molecular flexibility index (Phi) is 101. The summed E-state index contributed by atoms with van der Waals surface area (Å²) < 4.78 is 0. The van der Waals surface area contributed by atoms with Crippen molar-refractivity contribution in [3.05, 3.63) is 73.6 Å². The van der Waals surface area contributed by atoms with Crippen LogP contribution in [0.5, 0.6) is 0 Å². The van der Waals surface area contributed by atoms with Crippen molar-refractivity contribution in [2.24, 2.45) is 0 Å². The summed E-state index contributed by atoms with van der Waals surface area (Å²) in [5.74, 6) is 1.81. The molecule has 0 N–H and O–H groups in total. The molecule has 0 atom stereocenters. The molecule has 6 nitrogen and oxygen atoms in total. The van der Waals surface area contributed by atoms with Gasteiger partial charge >= 0.3 is 270 Å². The van der Waals surface area contributed by atoms with Crippen LogP contribution in [0.15, 0.2) is 73.6 Å². The molecule has 0 fully saturated rings. The van der Waals surface area contributed by atoms with Crippen molar-refractivity contribution in [3.8, 4) is 34.2 Å². The largest absolute Gasteiger partial charge is 0.265 e. The first-order valence-electron chi connectivity index (χ1n) is 10.6. The first kappa shape index (κ1) is 76.2. The SMILES string of the molecule is C.C.C.C.C.C.[Br][Zn][Br].[Br][Zn][Br].[Br][Zn][Br].[I][Zn][I].[I][Zn][I].[I][Zn][I].c1cc(-c2nc(-c3ccncc3)nc(-c3ccncc3)n2)ccn1. The van der Waals surface area contributed by atoms with Gasteiger partial charge < -0.3 is 0 Å². The second kappa shape index (κ2) is 63.6. The standard InChI is InChI=1S/C18H12N6.6CH4.6BrH.6HI.6Zn/c1-7-19-8-2-13(1)16-22-17(14-3-9-20-10-4-14)24-18(23-16)15-5-11-21-12-6-15;;;;;;;;;;;;;;;;;;;;;;;;/h1-12H;6*1H4;12*1H;;;;;;/q;;;;;;;;;;;;;;;;;;;6*+2/p-12. The van der Waals surface area contributed by atoms with Crippen molar-refractivity contribution in [1.82, 2.24) is 29.9 Å². The van der Waals surface area contributed by atoms with E-state index in [4.69, 9.17) is 0 Å². The number of pyridine rings is 3. The maximum absolute atomic E-state index is 4.61. The Morgan fingerprint density at radius 1 is 0.354 bits per heavy atom. The third-order valence-corrected chi connectivity index (χ3v) is 3.45. The van der Waals surface area contributed by atoms with Crippen molar-refractivity contribution >= 4 is 200 Å². The Balaban J connectivity index is -0.0000000775. The first-order valence-corrected chi connectivity index (χ1v) is 107. The van der Waals surface area contributed by atoms with Gasteiger partial charge in [-0.15, -0.1) is 0 Å². The molecular weight excluding hydrogens is 2010 g/mol. The molecule has 0 spiro atoms. The molecule has 24 heteroatoms. The number of hydrogen-bond donors (Lipinski definition) is 0. The third-order valence-electron chi connectivity index (χ3n) is 3.45. The molecule has 0 aliphatic carbocycles. The summed E-state index contributed by atoms with van der Waals surface area (Å²) >= 11 is 33.5. The molecule has 0 radical (unpaired) electrons. The van der Waals surface area contributed by atoms with Crippen LogP contribution in [-0.2, 0) is 69.9 Å². The molecule has 4 aromatic rings. The van der Waals surface area contributed by atoms with Crippen LogP contribution in [0.3, 0.4) is 0 Å². The summed E-state index contributed by atoms with van der Waals surface area (Å²) in [6.45, 7) is 0. The quantitative estimate of drug-likeness (QED) is 0.150. The number of aromatic nitrogens is 6. The fraction of sp³-hybridized carbons (Fsp3) is 0.250. The van der Waals surface area contributed by atoms with Gasteiger partial charge in [0.1, 0.15) is 0 Å². The van der Waals surface area contributed by atoms with Gasteiger partial charge in [-0.1, -0.05) is 44.6 Å². The van der Waals surface area contributed by atoms with Crippen molar-refractivity contribution in [3.63, 3.8) is 0 Å². The van der Waals surface area contributed by atoms with Gasteiger partial charge in [-0.05, 0) is 36.4 Å². The Hall–Kier alpha value is 7.46. The summed E-state index contributed by atoms with van der Waals surface area (Å²) in [7, 11) is 0.195. The molecule has 0 aromatic carbocycles. The van der Waals surface area contributed by atoms with Crippen LogP contribution in [-0.4, -0.2) is 29.9 Å². The average molecular weight is 2040 g/mol. The zero-order valence-electron chi connectivity index (χ0n) is 21.4. The van der Waals surface area contributed by atoms with E-state index in [-0.39, 0.29) is 114 Å². The molecule has 48 heavy (non-hydrogen) atoms. The minimum atomic E-state index is -0.250. The minimum absolute atomic E-state index is 0. The first-order chi connectivity index (χ1) is 20.4.